The number of carbonyl (C=O) groups excluding carboxylic acids is 1. The van der Waals surface area contributed by atoms with Crippen LogP contribution in [0.2, 0.25) is 0 Å². The van der Waals surface area contributed by atoms with Gasteiger partial charge in [0.2, 0.25) is 0 Å². The van der Waals surface area contributed by atoms with Crippen molar-refractivity contribution in [2.75, 3.05) is 12.4 Å². The molecule has 2 aromatic carbocycles. The zero-order chi connectivity index (χ0) is 21.8. The molecular weight excluding hydrogens is 412 g/mol. The Morgan fingerprint density at radius 3 is 2.61 bits per heavy atom. The first-order valence-electron chi connectivity index (χ1n) is 9.68. The molecule has 0 aliphatic carbocycles. The maximum absolute atomic E-state index is 13.1. The Labute approximate surface area is 185 Å². The number of hydrazine groups is 1. The maximum Gasteiger partial charge on any atom is 0.272 e. The number of aromatic nitrogens is 1. The van der Waals surface area contributed by atoms with E-state index in [2.05, 4.69) is 16.2 Å². The highest BCUT2D eigenvalue weighted by Crippen LogP contribution is 2.30. The number of nitrogens with zero attached hydrogens (tertiary/aromatic N) is 1. The number of thiocarbonyl (C=S) groups is 1. The van der Waals surface area contributed by atoms with Crippen molar-refractivity contribution in [2.24, 2.45) is 0 Å². The summed E-state index contributed by atoms with van der Waals surface area (Å²) < 4.78 is 12.9. The second-order valence-corrected chi connectivity index (χ2v) is 7.32. The number of anilines is 1. The number of fused-ring (bicyclic) bond motifs is 1. The number of ether oxygens (including phenoxy) is 1. The lowest BCUT2D eigenvalue weighted by Crippen LogP contribution is -2.43. The summed E-state index contributed by atoms with van der Waals surface area (Å²) in [4.78, 5) is 13.1. The van der Waals surface area contributed by atoms with E-state index in [-0.39, 0.29) is 11.0 Å². The molecule has 0 spiro atoms. The van der Waals surface area contributed by atoms with Gasteiger partial charge in [-0.05, 0) is 61.6 Å². The predicted octanol–water partition coefficient (Wildman–Crippen LogP) is 4.23. The van der Waals surface area contributed by atoms with Crippen LogP contribution in [-0.2, 0) is 6.54 Å². The molecule has 0 aliphatic heterocycles. The molecule has 0 atom stereocenters. The smallest absolute Gasteiger partial charge is 0.272 e. The molecule has 0 bridgehead atoms. The summed E-state index contributed by atoms with van der Waals surface area (Å²) in [7, 11) is 1.60. The quantitative estimate of drug-likeness (QED) is 0.322. The van der Waals surface area contributed by atoms with Gasteiger partial charge in [-0.1, -0.05) is 18.2 Å². The number of amides is 1. The van der Waals surface area contributed by atoms with Gasteiger partial charge in [0, 0.05) is 22.3 Å². The molecule has 1 amide bonds. The molecular formula is C23H22N4O3S. The van der Waals surface area contributed by atoms with Crippen molar-refractivity contribution in [1.82, 2.24) is 15.4 Å². The van der Waals surface area contributed by atoms with E-state index in [1.54, 1.807) is 13.4 Å². The lowest BCUT2D eigenvalue weighted by molar-refractivity contribution is 0.0945. The molecule has 2 heterocycles. The first-order valence-corrected chi connectivity index (χ1v) is 10.1. The Morgan fingerprint density at radius 2 is 1.90 bits per heavy atom. The van der Waals surface area contributed by atoms with Crippen LogP contribution in [0.3, 0.4) is 0 Å². The van der Waals surface area contributed by atoms with Crippen molar-refractivity contribution >= 4 is 39.8 Å². The molecule has 7 nitrogen and oxygen atoms in total. The van der Waals surface area contributed by atoms with Gasteiger partial charge in [-0.15, -0.1) is 0 Å². The van der Waals surface area contributed by atoms with E-state index in [1.165, 1.54) is 0 Å². The topological polar surface area (TPSA) is 80.5 Å². The highest BCUT2D eigenvalue weighted by molar-refractivity contribution is 7.80. The van der Waals surface area contributed by atoms with Crippen molar-refractivity contribution in [3.8, 4) is 5.75 Å². The molecule has 4 aromatic rings. The third-order valence-corrected chi connectivity index (χ3v) is 5.18. The van der Waals surface area contributed by atoms with Gasteiger partial charge >= 0.3 is 0 Å². The van der Waals surface area contributed by atoms with Crippen molar-refractivity contribution in [2.45, 2.75) is 13.5 Å². The minimum absolute atomic E-state index is 0.286. The van der Waals surface area contributed by atoms with Crippen molar-refractivity contribution in [3.63, 3.8) is 0 Å². The summed E-state index contributed by atoms with van der Waals surface area (Å²) in [6.07, 6.45) is 1.64. The number of carbonyl (C=O) groups is 1. The summed E-state index contributed by atoms with van der Waals surface area (Å²) in [5.74, 6) is 1.17. The van der Waals surface area contributed by atoms with Gasteiger partial charge in [0.15, 0.2) is 5.11 Å². The third-order valence-electron chi connectivity index (χ3n) is 4.97. The van der Waals surface area contributed by atoms with Gasteiger partial charge < -0.3 is 19.0 Å². The fourth-order valence-corrected chi connectivity index (χ4v) is 3.67. The second-order valence-electron chi connectivity index (χ2n) is 6.91. The van der Waals surface area contributed by atoms with Gasteiger partial charge in [0.05, 0.1) is 25.5 Å². The van der Waals surface area contributed by atoms with E-state index < -0.39 is 0 Å². The third kappa shape index (κ3) is 4.39. The normalized spacial score (nSPS) is 10.6. The molecule has 0 saturated heterocycles. The summed E-state index contributed by atoms with van der Waals surface area (Å²) in [5, 5.41) is 4.09. The van der Waals surface area contributed by atoms with Crippen LogP contribution in [0.15, 0.2) is 71.3 Å². The molecule has 2 aromatic heterocycles. The number of methoxy groups -OCH3 is 1. The Bertz CT molecular complexity index is 1220. The molecule has 3 N–H and O–H groups in total. The lowest BCUT2D eigenvalue weighted by Gasteiger charge is -2.12. The van der Waals surface area contributed by atoms with E-state index in [1.807, 2.05) is 72.2 Å². The molecule has 158 valence electrons. The first kappa shape index (κ1) is 20.5. The molecule has 8 heteroatoms. The summed E-state index contributed by atoms with van der Waals surface area (Å²) >= 11 is 5.28. The van der Waals surface area contributed by atoms with Crippen LogP contribution in [0.25, 0.3) is 10.9 Å². The van der Waals surface area contributed by atoms with Gasteiger partial charge in [0.25, 0.3) is 5.91 Å². The van der Waals surface area contributed by atoms with Crippen molar-refractivity contribution in [1.29, 1.82) is 0 Å². The van der Waals surface area contributed by atoms with Crippen molar-refractivity contribution < 1.29 is 13.9 Å². The summed E-state index contributed by atoms with van der Waals surface area (Å²) in [6.45, 7) is 2.42. The van der Waals surface area contributed by atoms with Crippen LogP contribution in [0.4, 0.5) is 5.69 Å². The molecule has 0 saturated carbocycles. The van der Waals surface area contributed by atoms with E-state index in [0.717, 1.165) is 28.0 Å². The van der Waals surface area contributed by atoms with Gasteiger partial charge in [-0.25, -0.2) is 0 Å². The number of para-hydroxylation sites is 1. The van der Waals surface area contributed by atoms with Gasteiger partial charge in [-0.2, -0.15) is 0 Å². The zero-order valence-corrected chi connectivity index (χ0v) is 18.0. The Hall–Kier alpha value is -3.78. The highest BCUT2D eigenvalue weighted by atomic mass is 32.1. The Morgan fingerprint density at radius 1 is 1.10 bits per heavy atom. The minimum atomic E-state index is -0.300. The SMILES string of the molecule is COc1ccc2c(c1)c(C(=O)NNC(=S)Nc1ccccc1)c(C)n2Cc1ccco1. The summed E-state index contributed by atoms with van der Waals surface area (Å²) in [5.41, 5.74) is 8.53. The highest BCUT2D eigenvalue weighted by Gasteiger charge is 2.21. The molecule has 0 fully saturated rings. The number of rotatable bonds is 5. The number of hydrogen-bond donors (Lipinski definition) is 3. The van der Waals surface area contributed by atoms with Crippen LogP contribution in [-0.4, -0.2) is 22.7 Å². The number of hydrogen-bond acceptors (Lipinski definition) is 4. The van der Waals surface area contributed by atoms with E-state index in [4.69, 9.17) is 21.4 Å². The Balaban J connectivity index is 1.60. The lowest BCUT2D eigenvalue weighted by atomic mass is 10.1. The largest absolute Gasteiger partial charge is 0.497 e. The fraction of sp³-hybridized carbons (Fsp3) is 0.130. The zero-order valence-electron chi connectivity index (χ0n) is 17.1. The Kier molecular flexibility index (Phi) is 5.90. The minimum Gasteiger partial charge on any atom is -0.497 e. The van der Waals surface area contributed by atoms with Crippen molar-refractivity contribution in [3.05, 3.63) is 83.9 Å². The maximum atomic E-state index is 13.1. The van der Waals surface area contributed by atoms with E-state index >= 15 is 0 Å². The monoisotopic (exact) mass is 434 g/mol. The molecule has 0 aliphatic rings. The summed E-state index contributed by atoms with van der Waals surface area (Å²) in [6, 6.07) is 18.9. The van der Waals surface area contributed by atoms with Gasteiger partial charge in [-0.3, -0.25) is 15.6 Å². The number of furan rings is 1. The van der Waals surface area contributed by atoms with Crippen LogP contribution in [0, 0.1) is 6.92 Å². The van der Waals surface area contributed by atoms with Crippen LogP contribution in [0.1, 0.15) is 21.8 Å². The molecule has 31 heavy (non-hydrogen) atoms. The van der Waals surface area contributed by atoms with Crippen LogP contribution in [0.5, 0.6) is 5.75 Å². The van der Waals surface area contributed by atoms with E-state index in [0.29, 0.717) is 17.9 Å². The number of nitrogens with one attached hydrogen (secondary N) is 3. The van der Waals surface area contributed by atoms with Gasteiger partial charge in [0.1, 0.15) is 11.5 Å². The predicted molar refractivity (Wildman–Crippen MR) is 124 cm³/mol. The average molecular weight is 435 g/mol. The molecule has 0 radical (unpaired) electrons. The molecule has 4 rings (SSSR count). The standard InChI is InChI=1S/C23H22N4O3S/c1-15-21(22(28)25-26-23(31)24-16-7-4-3-5-8-16)19-13-17(29-2)10-11-20(19)27(15)14-18-9-6-12-30-18/h3-13H,14H2,1-2H3,(H,25,28)(H2,24,26,31). The van der Waals surface area contributed by atoms with Crippen LogP contribution >= 0.6 is 12.2 Å². The molecule has 0 unspecified atom stereocenters. The fourth-order valence-electron chi connectivity index (χ4n) is 3.50. The average Bonchev–Trinajstić information content (AvgIpc) is 3.39. The second kappa shape index (κ2) is 8.93. The first-order chi connectivity index (χ1) is 15.1. The number of benzene rings is 2. The van der Waals surface area contributed by atoms with E-state index in [9.17, 15) is 4.79 Å². The van der Waals surface area contributed by atoms with Crippen LogP contribution < -0.4 is 20.9 Å².